The van der Waals surface area contributed by atoms with Crippen molar-refractivity contribution in [1.29, 1.82) is 0 Å². The first-order chi connectivity index (χ1) is 11.2. The Hall–Kier alpha value is -2.80. The number of ether oxygens (including phenoxy) is 2. The normalized spacial score (nSPS) is 10.5. The van der Waals surface area contributed by atoms with E-state index in [0.29, 0.717) is 22.1 Å². The minimum absolute atomic E-state index is 0.217. The molecule has 1 N–H and O–H groups in total. The van der Waals surface area contributed by atoms with Crippen LogP contribution in [0.15, 0.2) is 42.6 Å². The third-order valence-corrected chi connectivity index (χ3v) is 3.29. The van der Waals surface area contributed by atoms with Crippen LogP contribution >= 0.6 is 11.6 Å². The van der Waals surface area contributed by atoms with Crippen LogP contribution in [-0.2, 0) is 4.79 Å². The standard InChI is InChI=1S/C15H13ClN4O3/c1-22-12-6-5-10(16)8-11(12)17-14(21)9-23-15-19-18-13-4-2-3-7-20(13)15/h2-8H,9H2,1H3,(H,17,21). The summed E-state index contributed by atoms with van der Waals surface area (Å²) < 4.78 is 12.2. The summed E-state index contributed by atoms with van der Waals surface area (Å²) in [6.07, 6.45) is 1.75. The van der Waals surface area contributed by atoms with E-state index in [4.69, 9.17) is 21.1 Å². The highest BCUT2D eigenvalue weighted by molar-refractivity contribution is 6.31. The van der Waals surface area contributed by atoms with Crippen LogP contribution in [0.5, 0.6) is 11.8 Å². The number of rotatable bonds is 5. The second-order valence-corrected chi connectivity index (χ2v) is 5.03. The van der Waals surface area contributed by atoms with Crippen molar-refractivity contribution in [3.8, 4) is 11.8 Å². The van der Waals surface area contributed by atoms with Gasteiger partial charge < -0.3 is 14.8 Å². The number of pyridine rings is 1. The van der Waals surface area contributed by atoms with E-state index in [9.17, 15) is 4.79 Å². The zero-order chi connectivity index (χ0) is 16.2. The van der Waals surface area contributed by atoms with Crippen molar-refractivity contribution in [2.24, 2.45) is 0 Å². The Morgan fingerprint density at radius 2 is 2.17 bits per heavy atom. The molecule has 3 rings (SSSR count). The van der Waals surface area contributed by atoms with Crippen molar-refractivity contribution in [3.05, 3.63) is 47.6 Å². The van der Waals surface area contributed by atoms with E-state index in [1.807, 2.05) is 12.1 Å². The summed E-state index contributed by atoms with van der Waals surface area (Å²) in [5.41, 5.74) is 1.11. The summed E-state index contributed by atoms with van der Waals surface area (Å²) in [6.45, 7) is -0.217. The molecule has 0 aliphatic heterocycles. The van der Waals surface area contributed by atoms with Gasteiger partial charge in [0, 0.05) is 11.2 Å². The average Bonchev–Trinajstić information content (AvgIpc) is 2.96. The largest absolute Gasteiger partial charge is 0.495 e. The number of amides is 1. The zero-order valence-corrected chi connectivity index (χ0v) is 12.9. The summed E-state index contributed by atoms with van der Waals surface area (Å²) in [5.74, 6) is 0.147. The fourth-order valence-corrected chi connectivity index (χ4v) is 2.18. The predicted molar refractivity (Wildman–Crippen MR) is 85.1 cm³/mol. The highest BCUT2D eigenvalue weighted by atomic mass is 35.5. The van der Waals surface area contributed by atoms with Gasteiger partial charge in [0.15, 0.2) is 12.3 Å². The van der Waals surface area contributed by atoms with E-state index in [1.54, 1.807) is 34.9 Å². The maximum absolute atomic E-state index is 12.0. The summed E-state index contributed by atoms with van der Waals surface area (Å²) in [4.78, 5) is 12.0. The molecule has 0 unspecified atom stereocenters. The van der Waals surface area contributed by atoms with Crippen LogP contribution in [0.3, 0.4) is 0 Å². The highest BCUT2D eigenvalue weighted by Crippen LogP contribution is 2.27. The number of carbonyl (C=O) groups is 1. The lowest BCUT2D eigenvalue weighted by Gasteiger charge is -2.10. The Bertz CT molecular complexity index is 850. The van der Waals surface area contributed by atoms with Crippen molar-refractivity contribution in [3.63, 3.8) is 0 Å². The molecule has 2 heterocycles. The molecule has 23 heavy (non-hydrogen) atoms. The third-order valence-electron chi connectivity index (χ3n) is 3.05. The predicted octanol–water partition coefficient (Wildman–Crippen LogP) is 2.41. The van der Waals surface area contributed by atoms with Crippen LogP contribution in [-0.4, -0.2) is 34.2 Å². The van der Waals surface area contributed by atoms with Crippen LogP contribution in [0.2, 0.25) is 5.02 Å². The Morgan fingerprint density at radius 3 is 3.00 bits per heavy atom. The quantitative estimate of drug-likeness (QED) is 0.776. The van der Waals surface area contributed by atoms with Crippen LogP contribution in [0.4, 0.5) is 5.69 Å². The summed E-state index contributed by atoms with van der Waals surface area (Å²) in [5, 5.41) is 11.0. The van der Waals surface area contributed by atoms with E-state index < -0.39 is 0 Å². The fourth-order valence-electron chi connectivity index (χ4n) is 2.01. The van der Waals surface area contributed by atoms with Gasteiger partial charge in [0.05, 0.1) is 12.8 Å². The number of carbonyl (C=O) groups excluding carboxylic acids is 1. The SMILES string of the molecule is COc1ccc(Cl)cc1NC(=O)COc1nnc2ccccn12. The van der Waals surface area contributed by atoms with Gasteiger partial charge in [-0.3, -0.25) is 9.20 Å². The van der Waals surface area contributed by atoms with Gasteiger partial charge in [0.25, 0.3) is 5.91 Å². The van der Waals surface area contributed by atoms with Crippen molar-refractivity contribution in [2.75, 3.05) is 19.0 Å². The van der Waals surface area contributed by atoms with Crippen LogP contribution in [0, 0.1) is 0 Å². The van der Waals surface area contributed by atoms with E-state index in [-0.39, 0.29) is 18.5 Å². The van der Waals surface area contributed by atoms with E-state index >= 15 is 0 Å². The molecule has 0 fully saturated rings. The Labute approximate surface area is 136 Å². The van der Waals surface area contributed by atoms with Gasteiger partial charge in [0.2, 0.25) is 0 Å². The van der Waals surface area contributed by atoms with Crippen LogP contribution in [0.1, 0.15) is 0 Å². The first-order valence-corrected chi connectivity index (χ1v) is 7.11. The van der Waals surface area contributed by atoms with E-state index in [0.717, 1.165) is 0 Å². The molecule has 3 aromatic rings. The van der Waals surface area contributed by atoms with Crippen molar-refractivity contribution < 1.29 is 14.3 Å². The van der Waals surface area contributed by atoms with E-state index in [1.165, 1.54) is 7.11 Å². The molecule has 1 amide bonds. The zero-order valence-electron chi connectivity index (χ0n) is 12.2. The van der Waals surface area contributed by atoms with Crippen molar-refractivity contribution in [1.82, 2.24) is 14.6 Å². The number of nitrogens with one attached hydrogen (secondary N) is 1. The van der Waals surface area contributed by atoms with Gasteiger partial charge in [0.1, 0.15) is 5.75 Å². The molecule has 8 heteroatoms. The molecule has 0 saturated carbocycles. The number of aromatic nitrogens is 3. The number of nitrogens with zero attached hydrogens (tertiary/aromatic N) is 3. The summed E-state index contributed by atoms with van der Waals surface area (Å²) in [6, 6.07) is 10.6. The monoisotopic (exact) mass is 332 g/mol. The third kappa shape index (κ3) is 3.35. The van der Waals surface area contributed by atoms with Crippen molar-refractivity contribution in [2.45, 2.75) is 0 Å². The van der Waals surface area contributed by atoms with Gasteiger partial charge in [-0.25, -0.2) is 0 Å². The molecule has 0 saturated heterocycles. The van der Waals surface area contributed by atoms with E-state index in [2.05, 4.69) is 15.5 Å². The molecule has 1 aromatic carbocycles. The lowest BCUT2D eigenvalue weighted by Crippen LogP contribution is -2.21. The smallest absolute Gasteiger partial charge is 0.322 e. The topological polar surface area (TPSA) is 77.8 Å². The molecule has 2 aromatic heterocycles. The molecular weight excluding hydrogens is 320 g/mol. The summed E-state index contributed by atoms with van der Waals surface area (Å²) >= 11 is 5.92. The molecular formula is C15H13ClN4O3. The number of fused-ring (bicyclic) bond motifs is 1. The second kappa shape index (κ2) is 6.53. The number of methoxy groups -OCH3 is 1. The van der Waals surface area contributed by atoms with Gasteiger partial charge in [-0.1, -0.05) is 22.8 Å². The number of halogens is 1. The molecule has 0 radical (unpaired) electrons. The first-order valence-electron chi connectivity index (χ1n) is 6.73. The number of hydrogen-bond donors (Lipinski definition) is 1. The molecule has 0 aliphatic rings. The fraction of sp³-hybridized carbons (Fsp3) is 0.133. The average molecular weight is 333 g/mol. The van der Waals surface area contributed by atoms with Gasteiger partial charge in [-0.05, 0) is 30.3 Å². The molecule has 0 spiro atoms. The lowest BCUT2D eigenvalue weighted by molar-refractivity contribution is -0.118. The Morgan fingerprint density at radius 1 is 1.30 bits per heavy atom. The maximum atomic E-state index is 12.0. The lowest BCUT2D eigenvalue weighted by atomic mass is 10.3. The molecule has 7 nitrogen and oxygen atoms in total. The number of anilines is 1. The molecule has 0 aliphatic carbocycles. The highest BCUT2D eigenvalue weighted by Gasteiger charge is 2.11. The first kappa shape index (κ1) is 15.1. The van der Waals surface area contributed by atoms with Crippen molar-refractivity contribution >= 4 is 28.8 Å². The maximum Gasteiger partial charge on any atom is 0.322 e. The van der Waals surface area contributed by atoms with Crippen LogP contribution in [0.25, 0.3) is 5.65 Å². The Kier molecular flexibility index (Phi) is 4.29. The minimum atomic E-state index is -0.363. The van der Waals surface area contributed by atoms with Crippen LogP contribution < -0.4 is 14.8 Å². The summed E-state index contributed by atoms with van der Waals surface area (Å²) in [7, 11) is 1.51. The Balaban J connectivity index is 1.67. The second-order valence-electron chi connectivity index (χ2n) is 4.59. The minimum Gasteiger partial charge on any atom is -0.495 e. The number of benzene rings is 1. The van der Waals surface area contributed by atoms with Gasteiger partial charge in [-0.2, -0.15) is 0 Å². The molecule has 0 atom stereocenters. The number of hydrogen-bond acceptors (Lipinski definition) is 5. The van der Waals surface area contributed by atoms with Gasteiger partial charge >= 0.3 is 6.01 Å². The molecule has 0 bridgehead atoms. The van der Waals surface area contributed by atoms with Gasteiger partial charge in [-0.15, -0.1) is 5.10 Å². The molecule has 118 valence electrons.